The maximum atomic E-state index is 13.4. The van der Waals surface area contributed by atoms with E-state index in [0.29, 0.717) is 21.5 Å². The molecule has 0 aliphatic carbocycles. The van der Waals surface area contributed by atoms with Crippen molar-refractivity contribution in [1.82, 2.24) is 14.8 Å². The summed E-state index contributed by atoms with van der Waals surface area (Å²) < 4.78 is 6.62. The van der Waals surface area contributed by atoms with E-state index in [2.05, 4.69) is 20.3 Å². The number of nitrogens with zero attached hydrogens (tertiary/aromatic N) is 4. The summed E-state index contributed by atoms with van der Waals surface area (Å²) in [6.07, 6.45) is 0. The molecule has 0 bridgehead atoms. The Bertz CT molecular complexity index is 1520. The largest absolute Gasteiger partial charge is 0.497 e. The smallest absolute Gasteiger partial charge is 0.301 e. The first-order valence-corrected chi connectivity index (χ1v) is 11.6. The van der Waals surface area contributed by atoms with Gasteiger partial charge in [-0.1, -0.05) is 48.0 Å². The van der Waals surface area contributed by atoms with Crippen molar-refractivity contribution in [2.24, 2.45) is 10.2 Å². The standard InChI is InChI=1S/C25H18ClN5O2S/c1-33-20-12-10-16(11-13-20)21-15-34-25(27-21)31-24(32)23(22(30-31)17-6-3-2-4-7-17)29-28-19-9-5-8-18(26)14-19/h2-15,30H,1H3. The Hall–Kier alpha value is -4.01. The van der Waals surface area contributed by atoms with Crippen LogP contribution in [0.1, 0.15) is 0 Å². The van der Waals surface area contributed by atoms with Gasteiger partial charge in [-0.2, -0.15) is 9.80 Å². The van der Waals surface area contributed by atoms with E-state index in [-0.39, 0.29) is 11.2 Å². The fourth-order valence-electron chi connectivity index (χ4n) is 3.37. The number of hydrogen-bond donors (Lipinski definition) is 1. The van der Waals surface area contributed by atoms with Crippen LogP contribution in [0.25, 0.3) is 27.6 Å². The van der Waals surface area contributed by atoms with Crippen LogP contribution in [0.5, 0.6) is 5.75 Å². The van der Waals surface area contributed by atoms with Gasteiger partial charge >= 0.3 is 5.56 Å². The van der Waals surface area contributed by atoms with Crippen molar-refractivity contribution >= 4 is 34.3 Å². The highest BCUT2D eigenvalue weighted by atomic mass is 35.5. The number of aromatic amines is 1. The second-order valence-electron chi connectivity index (χ2n) is 7.27. The molecule has 5 aromatic rings. The van der Waals surface area contributed by atoms with Crippen molar-refractivity contribution in [3.8, 4) is 33.4 Å². The Morgan fingerprint density at radius 1 is 0.971 bits per heavy atom. The quantitative estimate of drug-likeness (QED) is 0.261. The molecule has 1 N–H and O–H groups in total. The van der Waals surface area contributed by atoms with Gasteiger partial charge in [0.25, 0.3) is 0 Å². The van der Waals surface area contributed by atoms with Crippen LogP contribution in [0.4, 0.5) is 11.4 Å². The lowest BCUT2D eigenvalue weighted by Gasteiger charge is -2.00. The molecule has 9 heteroatoms. The number of benzene rings is 3. The van der Waals surface area contributed by atoms with Gasteiger partial charge in [0, 0.05) is 21.5 Å². The zero-order chi connectivity index (χ0) is 23.5. The van der Waals surface area contributed by atoms with Crippen LogP contribution >= 0.6 is 22.9 Å². The first-order valence-electron chi connectivity index (χ1n) is 10.3. The molecule has 0 spiro atoms. The van der Waals surface area contributed by atoms with Crippen LogP contribution in [-0.2, 0) is 0 Å². The highest BCUT2D eigenvalue weighted by Gasteiger charge is 2.19. The van der Waals surface area contributed by atoms with E-state index in [0.717, 1.165) is 22.6 Å². The van der Waals surface area contributed by atoms with Crippen molar-refractivity contribution in [3.63, 3.8) is 0 Å². The van der Waals surface area contributed by atoms with E-state index in [4.69, 9.17) is 16.3 Å². The molecule has 0 aliphatic rings. The first kappa shape index (κ1) is 21.8. The number of methoxy groups -OCH3 is 1. The number of nitrogens with one attached hydrogen (secondary N) is 1. The van der Waals surface area contributed by atoms with E-state index in [1.807, 2.05) is 60.0 Å². The fraction of sp³-hybridized carbons (Fsp3) is 0.0400. The highest BCUT2D eigenvalue weighted by molar-refractivity contribution is 7.12. The summed E-state index contributed by atoms with van der Waals surface area (Å²) in [5, 5.41) is 14.6. The number of ether oxygens (including phenoxy) is 1. The first-order chi connectivity index (χ1) is 16.6. The minimum atomic E-state index is -0.347. The molecule has 3 aromatic carbocycles. The second-order valence-corrected chi connectivity index (χ2v) is 8.54. The predicted molar refractivity (Wildman–Crippen MR) is 135 cm³/mol. The summed E-state index contributed by atoms with van der Waals surface area (Å²) >= 11 is 7.41. The van der Waals surface area contributed by atoms with Gasteiger partial charge in [-0.3, -0.25) is 9.89 Å². The third-order valence-electron chi connectivity index (χ3n) is 5.07. The average Bonchev–Trinajstić information content (AvgIpc) is 3.48. The Balaban J connectivity index is 1.57. The second kappa shape index (κ2) is 9.46. The molecule has 5 rings (SSSR count). The molecule has 7 nitrogen and oxygen atoms in total. The van der Waals surface area contributed by atoms with Crippen LogP contribution in [0.2, 0.25) is 5.02 Å². The lowest BCUT2D eigenvalue weighted by atomic mass is 10.1. The molecular weight excluding hydrogens is 470 g/mol. The summed E-state index contributed by atoms with van der Waals surface area (Å²) in [6.45, 7) is 0. The number of thiazole rings is 1. The maximum Gasteiger partial charge on any atom is 0.301 e. The fourth-order valence-corrected chi connectivity index (χ4v) is 4.34. The minimum absolute atomic E-state index is 0.187. The SMILES string of the molecule is COc1ccc(-c2csc(-n3[nH]c(-c4ccccc4)c(N=Nc4cccc(Cl)c4)c3=O)n2)cc1. The van der Waals surface area contributed by atoms with Crippen LogP contribution < -0.4 is 10.3 Å². The molecule has 0 saturated carbocycles. The summed E-state index contributed by atoms with van der Waals surface area (Å²) in [5.74, 6) is 0.766. The molecule has 2 heterocycles. The normalized spacial score (nSPS) is 11.2. The maximum absolute atomic E-state index is 13.4. The average molecular weight is 488 g/mol. The topological polar surface area (TPSA) is 84.6 Å². The third-order valence-corrected chi connectivity index (χ3v) is 6.13. The van der Waals surface area contributed by atoms with Crippen molar-refractivity contribution in [2.75, 3.05) is 7.11 Å². The van der Waals surface area contributed by atoms with E-state index < -0.39 is 0 Å². The monoisotopic (exact) mass is 487 g/mol. The Morgan fingerprint density at radius 3 is 2.50 bits per heavy atom. The van der Waals surface area contributed by atoms with Crippen molar-refractivity contribution in [3.05, 3.63) is 99.6 Å². The number of hydrogen-bond acceptors (Lipinski definition) is 6. The Morgan fingerprint density at radius 2 is 1.76 bits per heavy atom. The molecule has 0 unspecified atom stereocenters. The highest BCUT2D eigenvalue weighted by Crippen LogP contribution is 2.30. The van der Waals surface area contributed by atoms with E-state index in [1.165, 1.54) is 16.0 Å². The zero-order valence-corrected chi connectivity index (χ0v) is 19.5. The number of azo groups is 1. The summed E-state index contributed by atoms with van der Waals surface area (Å²) in [5.41, 5.74) is 3.44. The van der Waals surface area contributed by atoms with Gasteiger partial charge in [0.05, 0.1) is 24.2 Å². The summed E-state index contributed by atoms with van der Waals surface area (Å²) in [7, 11) is 1.62. The van der Waals surface area contributed by atoms with Gasteiger partial charge < -0.3 is 4.74 Å². The van der Waals surface area contributed by atoms with Gasteiger partial charge in [-0.15, -0.1) is 16.5 Å². The van der Waals surface area contributed by atoms with Crippen molar-refractivity contribution in [2.45, 2.75) is 0 Å². The Labute approximate surface area is 204 Å². The predicted octanol–water partition coefficient (Wildman–Crippen LogP) is 7.03. The van der Waals surface area contributed by atoms with Crippen molar-refractivity contribution < 1.29 is 4.74 Å². The van der Waals surface area contributed by atoms with Gasteiger partial charge in [0.2, 0.25) is 5.13 Å². The molecule has 0 atom stereocenters. The van der Waals surface area contributed by atoms with Crippen LogP contribution in [0, 0.1) is 0 Å². The minimum Gasteiger partial charge on any atom is -0.497 e. The van der Waals surface area contributed by atoms with Crippen LogP contribution in [0.3, 0.4) is 0 Å². The van der Waals surface area contributed by atoms with E-state index >= 15 is 0 Å². The zero-order valence-electron chi connectivity index (χ0n) is 18.0. The third kappa shape index (κ3) is 4.41. The number of H-pyrrole nitrogens is 1. The van der Waals surface area contributed by atoms with E-state index in [9.17, 15) is 4.79 Å². The number of aromatic nitrogens is 3. The lowest BCUT2D eigenvalue weighted by molar-refractivity contribution is 0.415. The van der Waals surface area contributed by atoms with Crippen LogP contribution in [0.15, 0.2) is 99.3 Å². The molecule has 168 valence electrons. The van der Waals surface area contributed by atoms with Gasteiger partial charge in [-0.05, 0) is 42.5 Å². The summed E-state index contributed by atoms with van der Waals surface area (Å²) in [6, 6.07) is 24.1. The molecule has 0 amide bonds. The molecule has 0 aliphatic heterocycles. The summed E-state index contributed by atoms with van der Waals surface area (Å²) in [4.78, 5) is 18.0. The molecule has 34 heavy (non-hydrogen) atoms. The number of halogens is 1. The van der Waals surface area contributed by atoms with Gasteiger partial charge in [0.1, 0.15) is 5.75 Å². The molecule has 0 saturated heterocycles. The lowest BCUT2D eigenvalue weighted by Crippen LogP contribution is -2.13. The van der Waals surface area contributed by atoms with Crippen LogP contribution in [-0.4, -0.2) is 21.9 Å². The van der Waals surface area contributed by atoms with Gasteiger partial charge in [-0.25, -0.2) is 4.98 Å². The number of rotatable bonds is 6. The molecular formula is C25H18ClN5O2S. The molecule has 0 radical (unpaired) electrons. The van der Waals surface area contributed by atoms with Crippen molar-refractivity contribution in [1.29, 1.82) is 0 Å². The molecule has 0 fully saturated rings. The molecule has 2 aromatic heterocycles. The van der Waals surface area contributed by atoms with Gasteiger partial charge in [0.15, 0.2) is 5.69 Å². The van der Waals surface area contributed by atoms with E-state index in [1.54, 1.807) is 31.4 Å². The Kier molecular flexibility index (Phi) is 6.07.